The molecule has 0 radical (unpaired) electrons. The van der Waals surface area contributed by atoms with E-state index in [0.29, 0.717) is 6.42 Å². The summed E-state index contributed by atoms with van der Waals surface area (Å²) < 4.78 is 44.9. The summed E-state index contributed by atoms with van der Waals surface area (Å²) >= 11 is 2.98. The minimum absolute atomic E-state index is 0.0993. The van der Waals surface area contributed by atoms with Crippen molar-refractivity contribution in [2.45, 2.75) is 24.3 Å². The van der Waals surface area contributed by atoms with Crippen LogP contribution in [0, 0.1) is 5.82 Å². The summed E-state index contributed by atoms with van der Waals surface area (Å²) in [4.78, 5) is -0.0993. The third-order valence-corrected chi connectivity index (χ3v) is 4.55. The lowest BCUT2D eigenvalue weighted by Gasteiger charge is -2.16. The maximum atomic E-state index is 13.3. The summed E-state index contributed by atoms with van der Waals surface area (Å²) in [5, 5.41) is 0. The van der Waals surface area contributed by atoms with Gasteiger partial charge in [-0.05, 0) is 40.5 Å². The first-order valence-corrected chi connectivity index (χ1v) is 7.64. The van der Waals surface area contributed by atoms with Crippen LogP contribution in [0.1, 0.15) is 13.3 Å². The van der Waals surface area contributed by atoms with E-state index in [0.717, 1.165) is 6.07 Å². The molecule has 1 atom stereocenters. The van der Waals surface area contributed by atoms with Crippen LogP contribution in [0.3, 0.4) is 0 Å². The Labute approximate surface area is 115 Å². The zero-order valence-electron chi connectivity index (χ0n) is 10.1. The number of halogens is 2. The Balaban J connectivity index is 2.95. The second-order valence-corrected chi connectivity index (χ2v) is 6.33. The van der Waals surface area contributed by atoms with Crippen molar-refractivity contribution in [1.29, 1.82) is 0 Å². The number of ether oxygens (including phenoxy) is 1. The third-order valence-electron chi connectivity index (χ3n) is 2.38. The highest BCUT2D eigenvalue weighted by Gasteiger charge is 2.20. The molecule has 102 valence electrons. The van der Waals surface area contributed by atoms with Crippen LogP contribution in [0.25, 0.3) is 0 Å². The lowest BCUT2D eigenvalue weighted by atomic mass is 10.3. The summed E-state index contributed by atoms with van der Waals surface area (Å²) in [5.41, 5.74) is 0. The molecule has 0 bridgehead atoms. The fraction of sp³-hybridized carbons (Fsp3) is 0.455. The minimum Gasteiger partial charge on any atom is -0.383 e. The zero-order chi connectivity index (χ0) is 13.8. The van der Waals surface area contributed by atoms with Crippen LogP contribution in [0.5, 0.6) is 0 Å². The standard InChI is InChI=1S/C11H15BrFNO3S/c1-3-8(7-17-2)14-18(15,16)9-4-5-10(12)11(13)6-9/h4-6,8,14H,3,7H2,1-2H3. The normalized spacial score (nSPS) is 13.6. The molecule has 1 unspecified atom stereocenters. The molecule has 0 saturated heterocycles. The van der Waals surface area contributed by atoms with E-state index in [4.69, 9.17) is 4.74 Å². The smallest absolute Gasteiger partial charge is 0.241 e. The average Bonchev–Trinajstić information content (AvgIpc) is 2.31. The van der Waals surface area contributed by atoms with Gasteiger partial charge in [0.15, 0.2) is 0 Å². The maximum Gasteiger partial charge on any atom is 0.241 e. The molecule has 1 aromatic rings. The highest BCUT2D eigenvalue weighted by Crippen LogP contribution is 2.19. The molecule has 4 nitrogen and oxygen atoms in total. The van der Waals surface area contributed by atoms with E-state index in [-0.39, 0.29) is 22.0 Å². The van der Waals surface area contributed by atoms with E-state index in [1.165, 1.54) is 19.2 Å². The highest BCUT2D eigenvalue weighted by molar-refractivity contribution is 9.10. The van der Waals surface area contributed by atoms with Gasteiger partial charge in [-0.25, -0.2) is 17.5 Å². The van der Waals surface area contributed by atoms with Crippen molar-refractivity contribution in [3.63, 3.8) is 0 Å². The van der Waals surface area contributed by atoms with E-state index in [1.807, 2.05) is 6.92 Å². The lowest BCUT2D eigenvalue weighted by Crippen LogP contribution is -2.37. The van der Waals surface area contributed by atoms with Gasteiger partial charge in [0.05, 0.1) is 16.0 Å². The van der Waals surface area contributed by atoms with E-state index in [2.05, 4.69) is 20.7 Å². The lowest BCUT2D eigenvalue weighted by molar-refractivity contribution is 0.173. The Morgan fingerprint density at radius 2 is 2.17 bits per heavy atom. The summed E-state index contributed by atoms with van der Waals surface area (Å²) in [6.07, 6.45) is 0.589. The summed E-state index contributed by atoms with van der Waals surface area (Å²) in [6.45, 7) is 2.11. The number of methoxy groups -OCH3 is 1. The molecule has 0 aliphatic heterocycles. The van der Waals surface area contributed by atoms with Crippen LogP contribution in [-0.2, 0) is 14.8 Å². The molecule has 0 fully saturated rings. The molecule has 7 heteroatoms. The van der Waals surface area contributed by atoms with Crippen LogP contribution in [-0.4, -0.2) is 28.2 Å². The number of hydrogen-bond acceptors (Lipinski definition) is 3. The summed E-state index contributed by atoms with van der Waals surface area (Å²) in [5.74, 6) is -0.613. The second kappa shape index (κ2) is 6.60. The fourth-order valence-electron chi connectivity index (χ4n) is 1.37. The van der Waals surface area contributed by atoms with Gasteiger partial charge in [0.25, 0.3) is 0 Å². The first-order valence-electron chi connectivity index (χ1n) is 5.37. The van der Waals surface area contributed by atoms with Gasteiger partial charge in [-0.15, -0.1) is 0 Å². The van der Waals surface area contributed by atoms with Crippen LogP contribution < -0.4 is 4.72 Å². The van der Waals surface area contributed by atoms with Crippen molar-refractivity contribution >= 4 is 26.0 Å². The van der Waals surface area contributed by atoms with Gasteiger partial charge in [-0.2, -0.15) is 0 Å². The fourth-order valence-corrected chi connectivity index (χ4v) is 2.93. The van der Waals surface area contributed by atoms with Gasteiger partial charge < -0.3 is 4.74 Å². The third kappa shape index (κ3) is 4.01. The van der Waals surface area contributed by atoms with Gasteiger partial charge in [-0.3, -0.25) is 0 Å². The van der Waals surface area contributed by atoms with Gasteiger partial charge in [0, 0.05) is 13.2 Å². The van der Waals surface area contributed by atoms with Crippen LogP contribution in [0.2, 0.25) is 0 Å². The molecule has 1 aromatic carbocycles. The van der Waals surface area contributed by atoms with Gasteiger partial charge in [0.2, 0.25) is 10.0 Å². The molecular formula is C11H15BrFNO3S. The number of hydrogen-bond donors (Lipinski definition) is 1. The largest absolute Gasteiger partial charge is 0.383 e. The molecule has 1 rings (SSSR count). The topological polar surface area (TPSA) is 55.4 Å². The Bertz CT molecular complexity index is 507. The van der Waals surface area contributed by atoms with E-state index < -0.39 is 15.8 Å². The monoisotopic (exact) mass is 339 g/mol. The predicted octanol–water partition coefficient (Wildman–Crippen LogP) is 2.29. The van der Waals surface area contributed by atoms with Crippen molar-refractivity contribution in [2.75, 3.05) is 13.7 Å². The minimum atomic E-state index is -3.72. The SMILES string of the molecule is CCC(COC)NS(=O)(=O)c1ccc(Br)c(F)c1. The molecule has 1 N–H and O–H groups in total. The Morgan fingerprint density at radius 1 is 1.50 bits per heavy atom. The van der Waals surface area contributed by atoms with Crippen molar-refractivity contribution in [3.8, 4) is 0 Å². The zero-order valence-corrected chi connectivity index (χ0v) is 12.5. The van der Waals surface area contributed by atoms with Crippen LogP contribution in [0.15, 0.2) is 27.6 Å². The molecule has 0 saturated carbocycles. The molecule has 0 aliphatic rings. The second-order valence-electron chi connectivity index (χ2n) is 3.76. The number of rotatable bonds is 6. The molecule has 0 amide bonds. The Kier molecular flexibility index (Phi) is 5.71. The van der Waals surface area contributed by atoms with Gasteiger partial charge >= 0.3 is 0 Å². The van der Waals surface area contributed by atoms with E-state index in [1.54, 1.807) is 0 Å². The van der Waals surface area contributed by atoms with Crippen LogP contribution in [0.4, 0.5) is 4.39 Å². The van der Waals surface area contributed by atoms with Crippen molar-refractivity contribution < 1.29 is 17.5 Å². The molecule has 18 heavy (non-hydrogen) atoms. The Hall–Kier alpha value is -0.500. The van der Waals surface area contributed by atoms with Crippen molar-refractivity contribution in [1.82, 2.24) is 4.72 Å². The summed E-state index contributed by atoms with van der Waals surface area (Å²) in [6, 6.07) is 3.36. The van der Waals surface area contributed by atoms with E-state index >= 15 is 0 Å². The molecular weight excluding hydrogens is 325 g/mol. The number of sulfonamides is 1. The first kappa shape index (κ1) is 15.6. The van der Waals surface area contributed by atoms with Crippen LogP contribution >= 0.6 is 15.9 Å². The summed E-state index contributed by atoms with van der Waals surface area (Å²) in [7, 11) is -2.23. The first-order chi connectivity index (χ1) is 8.40. The van der Waals surface area contributed by atoms with Gasteiger partial charge in [-0.1, -0.05) is 6.92 Å². The number of nitrogens with one attached hydrogen (secondary N) is 1. The Morgan fingerprint density at radius 3 is 2.67 bits per heavy atom. The molecule has 0 aliphatic carbocycles. The highest BCUT2D eigenvalue weighted by atomic mass is 79.9. The molecule has 0 aromatic heterocycles. The van der Waals surface area contributed by atoms with Gasteiger partial charge in [0.1, 0.15) is 5.82 Å². The predicted molar refractivity (Wildman–Crippen MR) is 70.4 cm³/mol. The van der Waals surface area contributed by atoms with E-state index in [9.17, 15) is 12.8 Å². The van der Waals surface area contributed by atoms with Crippen molar-refractivity contribution in [2.24, 2.45) is 0 Å². The quantitative estimate of drug-likeness (QED) is 0.865. The number of benzene rings is 1. The van der Waals surface area contributed by atoms with Crippen molar-refractivity contribution in [3.05, 3.63) is 28.5 Å². The average molecular weight is 340 g/mol. The molecule has 0 heterocycles. The maximum absolute atomic E-state index is 13.3. The molecule has 0 spiro atoms.